The molecule has 0 radical (unpaired) electrons. The number of ether oxygens (including phenoxy) is 1. The highest BCUT2D eigenvalue weighted by molar-refractivity contribution is 5.63. The minimum atomic E-state index is 0.494. The Hall–Kier alpha value is -1.69. The first kappa shape index (κ1) is 8.41. The van der Waals surface area contributed by atoms with Gasteiger partial charge in [0.15, 0.2) is 0 Å². The van der Waals surface area contributed by atoms with Gasteiger partial charge in [0.1, 0.15) is 11.8 Å². The molecule has 62 valence electrons. The van der Waals surface area contributed by atoms with Crippen LogP contribution in [0.25, 0.3) is 0 Å². The summed E-state index contributed by atoms with van der Waals surface area (Å²) in [5, 5.41) is 8.64. The molecular formula is C9H10N2O. The Balaban J connectivity index is 3.32. The number of anilines is 1. The van der Waals surface area contributed by atoms with Crippen molar-refractivity contribution in [2.75, 3.05) is 12.8 Å². The third-order valence-electron chi connectivity index (χ3n) is 1.81. The van der Waals surface area contributed by atoms with Crippen LogP contribution in [-0.4, -0.2) is 7.11 Å². The number of nitrogen functional groups attached to an aromatic ring is 1. The molecule has 12 heavy (non-hydrogen) atoms. The molecule has 0 saturated heterocycles. The standard InChI is InChI=1S/C9H10N2O/c1-6-8(12-2)4-3-7(5-10)9(6)11/h3-4H,11H2,1-2H3. The largest absolute Gasteiger partial charge is 0.496 e. The first-order valence-corrected chi connectivity index (χ1v) is 3.54. The van der Waals surface area contributed by atoms with E-state index in [0.717, 1.165) is 5.56 Å². The summed E-state index contributed by atoms with van der Waals surface area (Å²) in [6.45, 7) is 1.83. The van der Waals surface area contributed by atoms with E-state index in [1.807, 2.05) is 13.0 Å². The van der Waals surface area contributed by atoms with Crippen LogP contribution in [0.3, 0.4) is 0 Å². The first-order chi connectivity index (χ1) is 5.70. The molecule has 0 saturated carbocycles. The Morgan fingerprint density at radius 1 is 1.50 bits per heavy atom. The van der Waals surface area contributed by atoms with Crippen LogP contribution in [0.15, 0.2) is 12.1 Å². The fourth-order valence-corrected chi connectivity index (χ4v) is 1.03. The van der Waals surface area contributed by atoms with Gasteiger partial charge in [0.2, 0.25) is 0 Å². The van der Waals surface area contributed by atoms with Gasteiger partial charge in [-0.1, -0.05) is 0 Å². The Morgan fingerprint density at radius 3 is 2.67 bits per heavy atom. The number of benzene rings is 1. The van der Waals surface area contributed by atoms with Crippen molar-refractivity contribution in [1.82, 2.24) is 0 Å². The second-order valence-electron chi connectivity index (χ2n) is 2.47. The molecular weight excluding hydrogens is 152 g/mol. The van der Waals surface area contributed by atoms with Gasteiger partial charge in [-0.3, -0.25) is 0 Å². The van der Waals surface area contributed by atoms with Gasteiger partial charge in [-0.15, -0.1) is 0 Å². The van der Waals surface area contributed by atoms with E-state index in [2.05, 4.69) is 0 Å². The zero-order valence-corrected chi connectivity index (χ0v) is 7.09. The van der Waals surface area contributed by atoms with Gasteiger partial charge in [0.05, 0.1) is 18.4 Å². The van der Waals surface area contributed by atoms with Gasteiger partial charge >= 0.3 is 0 Å². The summed E-state index contributed by atoms with van der Waals surface area (Å²) in [6, 6.07) is 5.40. The van der Waals surface area contributed by atoms with Gasteiger partial charge < -0.3 is 10.5 Å². The maximum atomic E-state index is 8.64. The molecule has 3 nitrogen and oxygen atoms in total. The minimum Gasteiger partial charge on any atom is -0.496 e. The van der Waals surface area contributed by atoms with Crippen molar-refractivity contribution in [3.63, 3.8) is 0 Å². The lowest BCUT2D eigenvalue weighted by Crippen LogP contribution is -1.96. The van der Waals surface area contributed by atoms with Gasteiger partial charge in [0.25, 0.3) is 0 Å². The van der Waals surface area contributed by atoms with Crippen molar-refractivity contribution in [3.05, 3.63) is 23.3 Å². The lowest BCUT2D eigenvalue weighted by atomic mass is 10.1. The normalized spacial score (nSPS) is 9.08. The van der Waals surface area contributed by atoms with E-state index in [4.69, 9.17) is 15.7 Å². The smallest absolute Gasteiger partial charge is 0.123 e. The topological polar surface area (TPSA) is 59.0 Å². The number of hydrogen-bond donors (Lipinski definition) is 1. The van der Waals surface area contributed by atoms with E-state index in [1.165, 1.54) is 0 Å². The highest BCUT2D eigenvalue weighted by Crippen LogP contribution is 2.25. The molecule has 1 aromatic rings. The van der Waals surface area contributed by atoms with Gasteiger partial charge in [0, 0.05) is 5.56 Å². The van der Waals surface area contributed by atoms with Crippen LogP contribution in [0.5, 0.6) is 5.75 Å². The Morgan fingerprint density at radius 2 is 2.17 bits per heavy atom. The number of nitrogens with two attached hydrogens (primary N) is 1. The molecule has 0 fully saturated rings. The van der Waals surface area contributed by atoms with E-state index in [9.17, 15) is 0 Å². The predicted molar refractivity (Wildman–Crippen MR) is 46.9 cm³/mol. The van der Waals surface area contributed by atoms with Crippen molar-refractivity contribution in [1.29, 1.82) is 5.26 Å². The van der Waals surface area contributed by atoms with Crippen molar-refractivity contribution in [2.45, 2.75) is 6.92 Å². The Labute approximate surface area is 71.4 Å². The lowest BCUT2D eigenvalue weighted by Gasteiger charge is -2.07. The molecule has 0 aliphatic heterocycles. The Bertz CT molecular complexity index is 339. The predicted octanol–water partition coefficient (Wildman–Crippen LogP) is 1.46. The summed E-state index contributed by atoms with van der Waals surface area (Å²) in [5.74, 6) is 0.714. The highest BCUT2D eigenvalue weighted by Gasteiger charge is 2.05. The summed E-state index contributed by atoms with van der Waals surface area (Å²) < 4.78 is 5.04. The zero-order valence-electron chi connectivity index (χ0n) is 7.09. The second kappa shape index (κ2) is 3.14. The summed E-state index contributed by atoms with van der Waals surface area (Å²) in [6.07, 6.45) is 0. The summed E-state index contributed by atoms with van der Waals surface area (Å²) in [5.41, 5.74) is 7.47. The molecule has 2 N–H and O–H groups in total. The molecule has 0 aromatic heterocycles. The highest BCUT2D eigenvalue weighted by atomic mass is 16.5. The van der Waals surface area contributed by atoms with Crippen molar-refractivity contribution < 1.29 is 4.74 Å². The van der Waals surface area contributed by atoms with E-state index in [0.29, 0.717) is 17.0 Å². The van der Waals surface area contributed by atoms with Crippen LogP contribution in [0.1, 0.15) is 11.1 Å². The zero-order chi connectivity index (χ0) is 9.14. The molecule has 3 heteroatoms. The Kier molecular flexibility index (Phi) is 2.20. The van der Waals surface area contributed by atoms with Gasteiger partial charge in [-0.05, 0) is 19.1 Å². The van der Waals surface area contributed by atoms with Crippen molar-refractivity contribution in [3.8, 4) is 11.8 Å². The third kappa shape index (κ3) is 1.19. The average Bonchev–Trinajstić information content (AvgIpc) is 2.10. The lowest BCUT2D eigenvalue weighted by molar-refractivity contribution is 0.412. The molecule has 0 heterocycles. The fourth-order valence-electron chi connectivity index (χ4n) is 1.03. The molecule has 1 rings (SSSR count). The molecule has 1 aromatic carbocycles. The number of nitrogens with zero attached hydrogens (tertiary/aromatic N) is 1. The molecule has 0 atom stereocenters. The van der Waals surface area contributed by atoms with Crippen LogP contribution in [-0.2, 0) is 0 Å². The fraction of sp³-hybridized carbons (Fsp3) is 0.222. The minimum absolute atomic E-state index is 0.494. The monoisotopic (exact) mass is 162 g/mol. The van der Waals surface area contributed by atoms with Gasteiger partial charge in [-0.25, -0.2) is 0 Å². The third-order valence-corrected chi connectivity index (χ3v) is 1.81. The molecule has 0 spiro atoms. The molecule has 0 aliphatic carbocycles. The maximum absolute atomic E-state index is 8.64. The summed E-state index contributed by atoms with van der Waals surface area (Å²) in [7, 11) is 1.58. The average molecular weight is 162 g/mol. The second-order valence-corrected chi connectivity index (χ2v) is 2.47. The van der Waals surface area contributed by atoms with E-state index in [-0.39, 0.29) is 0 Å². The van der Waals surface area contributed by atoms with E-state index >= 15 is 0 Å². The van der Waals surface area contributed by atoms with Crippen LogP contribution in [0.4, 0.5) is 5.69 Å². The summed E-state index contributed by atoms with van der Waals surface area (Å²) >= 11 is 0. The summed E-state index contributed by atoms with van der Waals surface area (Å²) in [4.78, 5) is 0. The van der Waals surface area contributed by atoms with Crippen LogP contribution in [0, 0.1) is 18.3 Å². The van der Waals surface area contributed by atoms with Crippen LogP contribution in [0.2, 0.25) is 0 Å². The number of methoxy groups -OCH3 is 1. The van der Waals surface area contributed by atoms with Crippen molar-refractivity contribution >= 4 is 5.69 Å². The SMILES string of the molecule is COc1ccc(C#N)c(N)c1C. The number of nitriles is 1. The number of rotatable bonds is 1. The van der Waals surface area contributed by atoms with Crippen LogP contribution < -0.4 is 10.5 Å². The molecule has 0 amide bonds. The van der Waals surface area contributed by atoms with E-state index in [1.54, 1.807) is 19.2 Å². The van der Waals surface area contributed by atoms with Crippen molar-refractivity contribution in [2.24, 2.45) is 0 Å². The molecule has 0 bridgehead atoms. The maximum Gasteiger partial charge on any atom is 0.123 e. The quantitative estimate of drug-likeness (QED) is 0.636. The van der Waals surface area contributed by atoms with Gasteiger partial charge in [-0.2, -0.15) is 5.26 Å². The molecule has 0 unspecified atom stereocenters. The molecule has 0 aliphatic rings. The van der Waals surface area contributed by atoms with E-state index < -0.39 is 0 Å². The van der Waals surface area contributed by atoms with Crippen LogP contribution >= 0.6 is 0 Å². The number of hydrogen-bond acceptors (Lipinski definition) is 3. The first-order valence-electron chi connectivity index (χ1n) is 3.54.